The topological polar surface area (TPSA) is 88.5 Å². The average molecular weight is 271 g/mol. The van der Waals surface area contributed by atoms with E-state index in [1.165, 1.54) is 18.7 Å². The maximum Gasteiger partial charge on any atom is 0.332 e. The first-order valence-corrected chi connectivity index (χ1v) is 6.21. The van der Waals surface area contributed by atoms with Crippen molar-refractivity contribution < 1.29 is 9.47 Å². The fourth-order valence-corrected chi connectivity index (χ4v) is 1.83. The Bertz CT molecular complexity index is 541. The number of nitrogen functional groups attached to an aromatic ring is 1. The quantitative estimate of drug-likeness (QED) is 0.712. The summed E-state index contributed by atoms with van der Waals surface area (Å²) in [5.41, 5.74) is 5.30. The maximum absolute atomic E-state index is 12.1. The molecule has 7 nitrogen and oxygen atoms in total. The summed E-state index contributed by atoms with van der Waals surface area (Å²) < 4.78 is 13.1. The fraction of sp³-hybridized carbons (Fsp3) is 0.667. The molecule has 0 amide bonds. The van der Waals surface area contributed by atoms with Crippen molar-refractivity contribution in [1.82, 2.24) is 9.13 Å². The molecule has 7 heteroatoms. The molecular formula is C12H21N3O4. The highest BCUT2D eigenvalue weighted by Crippen LogP contribution is 2.09. The van der Waals surface area contributed by atoms with Gasteiger partial charge in [0.25, 0.3) is 5.56 Å². The van der Waals surface area contributed by atoms with Gasteiger partial charge in [0, 0.05) is 33.7 Å². The lowest BCUT2D eigenvalue weighted by Gasteiger charge is -2.18. The van der Waals surface area contributed by atoms with Gasteiger partial charge in [0.05, 0.1) is 5.56 Å². The second-order valence-electron chi connectivity index (χ2n) is 4.11. The van der Waals surface area contributed by atoms with Crippen molar-refractivity contribution in [2.45, 2.75) is 26.6 Å². The number of rotatable bonds is 6. The van der Waals surface area contributed by atoms with E-state index in [4.69, 9.17) is 15.2 Å². The van der Waals surface area contributed by atoms with Crippen molar-refractivity contribution in [2.75, 3.05) is 18.9 Å². The molecule has 0 saturated carbocycles. The molecule has 0 radical (unpaired) electrons. The number of hydrogen-bond acceptors (Lipinski definition) is 5. The third-order valence-electron chi connectivity index (χ3n) is 2.88. The minimum absolute atomic E-state index is 0.150. The van der Waals surface area contributed by atoms with Crippen LogP contribution in [0.4, 0.5) is 5.82 Å². The Morgan fingerprint density at radius 2 is 1.63 bits per heavy atom. The largest absolute Gasteiger partial charge is 0.385 e. The molecule has 0 aliphatic rings. The minimum atomic E-state index is -0.539. The average Bonchev–Trinajstić information content (AvgIpc) is 2.39. The van der Waals surface area contributed by atoms with Gasteiger partial charge in [0.2, 0.25) is 0 Å². The molecule has 1 rings (SSSR count). The third-order valence-corrected chi connectivity index (χ3v) is 2.88. The summed E-state index contributed by atoms with van der Waals surface area (Å²) in [4.78, 5) is 23.7. The molecule has 0 aromatic carbocycles. The van der Waals surface area contributed by atoms with Crippen molar-refractivity contribution in [3.8, 4) is 0 Å². The third kappa shape index (κ3) is 3.24. The van der Waals surface area contributed by atoms with E-state index >= 15 is 0 Å². The summed E-state index contributed by atoms with van der Waals surface area (Å²) >= 11 is 0. The first-order valence-electron chi connectivity index (χ1n) is 6.21. The number of nitrogens with two attached hydrogens (primary N) is 1. The van der Waals surface area contributed by atoms with E-state index in [-0.39, 0.29) is 12.2 Å². The SMILES string of the molecule is CCOC(Cc1c(N)n(C)c(=O)n(C)c1=O)OCC. The standard InChI is InChI=1S/C12H21N3O4/c1-5-18-9(19-6-2)7-8-10(13)14(3)12(17)15(4)11(8)16/h9H,5-7,13H2,1-4H3. The number of ether oxygens (including phenoxy) is 2. The van der Waals surface area contributed by atoms with Crippen molar-refractivity contribution in [3.63, 3.8) is 0 Å². The lowest BCUT2D eigenvalue weighted by molar-refractivity contribution is -0.134. The molecule has 0 spiro atoms. The molecule has 0 aliphatic carbocycles. The monoisotopic (exact) mass is 271 g/mol. The van der Waals surface area contributed by atoms with Crippen molar-refractivity contribution in [2.24, 2.45) is 14.1 Å². The van der Waals surface area contributed by atoms with Gasteiger partial charge in [-0.25, -0.2) is 4.79 Å². The molecule has 1 heterocycles. The van der Waals surface area contributed by atoms with Crippen LogP contribution >= 0.6 is 0 Å². The van der Waals surface area contributed by atoms with Gasteiger partial charge in [0.15, 0.2) is 6.29 Å². The van der Waals surface area contributed by atoms with Crippen molar-refractivity contribution >= 4 is 5.82 Å². The molecule has 19 heavy (non-hydrogen) atoms. The highest BCUT2D eigenvalue weighted by Gasteiger charge is 2.18. The Kier molecular flexibility index (Phi) is 5.31. The number of anilines is 1. The van der Waals surface area contributed by atoms with E-state index in [9.17, 15) is 9.59 Å². The molecule has 2 N–H and O–H groups in total. The van der Waals surface area contributed by atoms with Crippen molar-refractivity contribution in [3.05, 3.63) is 26.4 Å². The van der Waals surface area contributed by atoms with Crippen LogP contribution in [0.3, 0.4) is 0 Å². The van der Waals surface area contributed by atoms with Gasteiger partial charge in [-0.05, 0) is 13.8 Å². The lowest BCUT2D eigenvalue weighted by atomic mass is 10.2. The molecule has 0 aliphatic heterocycles. The Balaban J connectivity index is 3.20. The van der Waals surface area contributed by atoms with Gasteiger partial charge in [-0.3, -0.25) is 13.9 Å². The Morgan fingerprint density at radius 1 is 1.11 bits per heavy atom. The van der Waals surface area contributed by atoms with E-state index in [1.54, 1.807) is 0 Å². The molecule has 0 bridgehead atoms. The van der Waals surface area contributed by atoms with Crippen LogP contribution in [0, 0.1) is 0 Å². The lowest BCUT2D eigenvalue weighted by Crippen LogP contribution is -2.41. The Morgan fingerprint density at radius 3 is 2.11 bits per heavy atom. The second-order valence-corrected chi connectivity index (χ2v) is 4.11. The summed E-state index contributed by atoms with van der Waals surface area (Å²) in [5.74, 6) is 0.150. The Labute approximate surface area is 111 Å². The van der Waals surface area contributed by atoms with Gasteiger partial charge < -0.3 is 15.2 Å². The Hall–Kier alpha value is -1.60. The zero-order valence-electron chi connectivity index (χ0n) is 11.8. The normalized spacial score (nSPS) is 11.2. The maximum atomic E-state index is 12.1. The van der Waals surface area contributed by atoms with E-state index in [2.05, 4.69) is 0 Å². The molecule has 0 fully saturated rings. The summed E-state index contributed by atoms with van der Waals surface area (Å²) in [6, 6.07) is 0. The highest BCUT2D eigenvalue weighted by atomic mass is 16.7. The van der Waals surface area contributed by atoms with Crippen LogP contribution in [0.25, 0.3) is 0 Å². The smallest absolute Gasteiger partial charge is 0.332 e. The molecule has 108 valence electrons. The van der Waals surface area contributed by atoms with E-state index in [1.807, 2.05) is 13.8 Å². The van der Waals surface area contributed by atoms with Gasteiger partial charge in [0.1, 0.15) is 5.82 Å². The first-order chi connectivity index (χ1) is 8.93. The summed E-state index contributed by atoms with van der Waals surface area (Å²) in [6.45, 7) is 4.62. The molecule has 1 aromatic rings. The van der Waals surface area contributed by atoms with Gasteiger partial charge >= 0.3 is 5.69 Å². The van der Waals surface area contributed by atoms with Gasteiger partial charge in [-0.2, -0.15) is 0 Å². The molecule has 0 atom stereocenters. The van der Waals surface area contributed by atoms with Crippen LogP contribution in [0.5, 0.6) is 0 Å². The van der Waals surface area contributed by atoms with Crippen LogP contribution in [-0.2, 0) is 30.0 Å². The summed E-state index contributed by atoms with van der Waals surface area (Å²) in [6.07, 6.45) is -0.323. The predicted molar refractivity (Wildman–Crippen MR) is 72.1 cm³/mol. The predicted octanol–water partition coefficient (Wildman–Crippen LogP) is -0.392. The zero-order valence-corrected chi connectivity index (χ0v) is 11.8. The van der Waals surface area contributed by atoms with Crippen molar-refractivity contribution in [1.29, 1.82) is 0 Å². The fourth-order valence-electron chi connectivity index (χ4n) is 1.83. The highest BCUT2D eigenvalue weighted by molar-refractivity contribution is 5.38. The number of nitrogens with zero attached hydrogens (tertiary/aromatic N) is 2. The number of aromatic nitrogens is 2. The minimum Gasteiger partial charge on any atom is -0.385 e. The van der Waals surface area contributed by atoms with Crippen LogP contribution in [-0.4, -0.2) is 28.6 Å². The van der Waals surface area contributed by atoms with Crippen LogP contribution in [0.2, 0.25) is 0 Å². The van der Waals surface area contributed by atoms with Crippen LogP contribution < -0.4 is 17.0 Å². The van der Waals surface area contributed by atoms with Gasteiger partial charge in [-0.15, -0.1) is 0 Å². The first kappa shape index (κ1) is 15.5. The summed E-state index contributed by atoms with van der Waals surface area (Å²) in [7, 11) is 2.95. The van der Waals surface area contributed by atoms with Gasteiger partial charge in [-0.1, -0.05) is 0 Å². The second kappa shape index (κ2) is 6.53. The van der Waals surface area contributed by atoms with E-state index in [0.29, 0.717) is 18.8 Å². The molecule has 0 unspecified atom stereocenters. The van der Waals surface area contributed by atoms with E-state index in [0.717, 1.165) is 4.57 Å². The number of hydrogen-bond donors (Lipinski definition) is 1. The van der Waals surface area contributed by atoms with E-state index < -0.39 is 17.5 Å². The zero-order chi connectivity index (χ0) is 14.6. The van der Waals surface area contributed by atoms with Crippen LogP contribution in [0.1, 0.15) is 19.4 Å². The molecule has 1 aromatic heterocycles. The molecule has 0 saturated heterocycles. The summed E-state index contributed by atoms with van der Waals surface area (Å²) in [5, 5.41) is 0. The molecular weight excluding hydrogens is 250 g/mol. The van der Waals surface area contributed by atoms with Crippen LogP contribution in [0.15, 0.2) is 9.59 Å².